The Kier molecular flexibility index (Phi) is 11.4. The monoisotopic (exact) mass is 443 g/mol. The molecule has 7 heteroatoms. The number of allylic oxidation sites excluding steroid dienone is 2. The molecule has 2 aliphatic heterocycles. The van der Waals surface area contributed by atoms with E-state index in [4.69, 9.17) is 9.47 Å². The van der Waals surface area contributed by atoms with Crippen molar-refractivity contribution in [3.63, 3.8) is 0 Å². The molecule has 0 aliphatic carbocycles. The van der Waals surface area contributed by atoms with Crippen LogP contribution in [0.4, 0.5) is 0 Å². The van der Waals surface area contributed by atoms with Crippen LogP contribution in [0, 0.1) is 11.8 Å². The van der Waals surface area contributed by atoms with Crippen molar-refractivity contribution in [1.82, 2.24) is 4.72 Å². The first-order chi connectivity index (χ1) is 14.5. The highest BCUT2D eigenvalue weighted by Crippen LogP contribution is 2.46. The Balaban J connectivity index is 1.63. The molecule has 174 valence electrons. The number of hydrogen-bond acceptors (Lipinski definition) is 5. The van der Waals surface area contributed by atoms with Gasteiger partial charge in [-0.3, -0.25) is 9.52 Å². The lowest BCUT2D eigenvalue weighted by Gasteiger charge is -2.27. The first-order valence-electron chi connectivity index (χ1n) is 11.9. The van der Waals surface area contributed by atoms with Gasteiger partial charge in [-0.15, -0.1) is 0 Å². The fourth-order valence-corrected chi connectivity index (χ4v) is 5.76. The van der Waals surface area contributed by atoms with Crippen LogP contribution >= 0.6 is 0 Å². The first-order valence-corrected chi connectivity index (χ1v) is 13.5. The van der Waals surface area contributed by atoms with E-state index in [0.29, 0.717) is 36.9 Å². The lowest BCUT2D eigenvalue weighted by atomic mass is 9.76. The Morgan fingerprint density at radius 1 is 1.03 bits per heavy atom. The van der Waals surface area contributed by atoms with E-state index in [9.17, 15) is 13.2 Å². The molecule has 1 amide bonds. The maximum absolute atomic E-state index is 11.7. The van der Waals surface area contributed by atoms with Crippen molar-refractivity contribution in [3.05, 3.63) is 12.2 Å². The summed E-state index contributed by atoms with van der Waals surface area (Å²) in [5.74, 6) is 0.753. The minimum Gasteiger partial charge on any atom is -0.381 e. The lowest BCUT2D eigenvalue weighted by molar-refractivity contribution is -0.119. The summed E-state index contributed by atoms with van der Waals surface area (Å²) in [5.41, 5.74) is 0. The molecule has 2 saturated heterocycles. The molecule has 30 heavy (non-hydrogen) atoms. The fraction of sp³-hybridized carbons (Fsp3) is 0.870. The number of amides is 1. The molecule has 0 aromatic rings. The summed E-state index contributed by atoms with van der Waals surface area (Å²) < 4.78 is 37.3. The Labute approximate surface area is 183 Å². The highest BCUT2D eigenvalue weighted by atomic mass is 32.2. The molecule has 6 nitrogen and oxygen atoms in total. The summed E-state index contributed by atoms with van der Waals surface area (Å²) in [5, 5.41) is 0. The minimum absolute atomic E-state index is 0.00475. The summed E-state index contributed by atoms with van der Waals surface area (Å²) >= 11 is 0. The average Bonchev–Trinajstić information content (AvgIpc) is 3.28. The van der Waals surface area contributed by atoms with Crippen molar-refractivity contribution in [3.8, 4) is 0 Å². The Hall–Kier alpha value is -0.920. The normalized spacial score (nSPS) is 25.9. The number of hydrogen-bond donors (Lipinski definition) is 1. The van der Waals surface area contributed by atoms with Crippen molar-refractivity contribution in [2.75, 3.05) is 19.0 Å². The molecule has 4 atom stereocenters. The van der Waals surface area contributed by atoms with E-state index in [1.54, 1.807) is 6.92 Å². The van der Waals surface area contributed by atoms with Gasteiger partial charge in [0, 0.05) is 19.6 Å². The van der Waals surface area contributed by atoms with Gasteiger partial charge in [-0.1, -0.05) is 38.8 Å². The molecule has 0 unspecified atom stereocenters. The molecule has 2 aliphatic rings. The Morgan fingerprint density at radius 3 is 2.53 bits per heavy atom. The van der Waals surface area contributed by atoms with E-state index in [-0.39, 0.29) is 12.2 Å². The molecule has 2 rings (SSSR count). The number of ether oxygens (including phenoxy) is 2. The van der Waals surface area contributed by atoms with Crippen LogP contribution in [0.5, 0.6) is 0 Å². The van der Waals surface area contributed by atoms with Gasteiger partial charge in [0.15, 0.2) is 0 Å². The third-order valence-electron chi connectivity index (χ3n) is 6.17. The van der Waals surface area contributed by atoms with E-state index in [0.717, 1.165) is 38.9 Å². The van der Waals surface area contributed by atoms with Gasteiger partial charge in [0.1, 0.15) is 0 Å². The quantitative estimate of drug-likeness (QED) is 0.283. The van der Waals surface area contributed by atoms with E-state index < -0.39 is 15.9 Å². The number of nitrogens with one attached hydrogen (secondary N) is 1. The van der Waals surface area contributed by atoms with E-state index >= 15 is 0 Å². The van der Waals surface area contributed by atoms with Crippen LogP contribution in [0.3, 0.4) is 0 Å². The molecular weight excluding hydrogens is 402 g/mol. The molecule has 2 fully saturated rings. The Morgan fingerprint density at radius 2 is 1.80 bits per heavy atom. The lowest BCUT2D eigenvalue weighted by Crippen LogP contribution is -2.32. The third-order valence-corrected chi connectivity index (χ3v) is 7.65. The largest absolute Gasteiger partial charge is 0.381 e. The van der Waals surface area contributed by atoms with Gasteiger partial charge in [0.05, 0.1) is 18.0 Å². The summed E-state index contributed by atoms with van der Waals surface area (Å²) in [6.07, 6.45) is 15.4. The van der Waals surface area contributed by atoms with Crippen molar-refractivity contribution in [2.24, 2.45) is 11.8 Å². The van der Waals surface area contributed by atoms with Crippen molar-refractivity contribution < 1.29 is 22.7 Å². The van der Waals surface area contributed by atoms with Gasteiger partial charge < -0.3 is 9.47 Å². The van der Waals surface area contributed by atoms with Crippen LogP contribution in [0.2, 0.25) is 0 Å². The smallest absolute Gasteiger partial charge is 0.234 e. The predicted molar refractivity (Wildman–Crippen MR) is 120 cm³/mol. The van der Waals surface area contributed by atoms with Crippen LogP contribution in [0.15, 0.2) is 12.2 Å². The zero-order chi connectivity index (χ0) is 21.8. The highest BCUT2D eigenvalue weighted by Gasteiger charge is 2.47. The summed E-state index contributed by atoms with van der Waals surface area (Å²) in [4.78, 5) is 11.7. The molecule has 0 radical (unpaired) electrons. The molecule has 2 heterocycles. The number of unbranched alkanes of at least 4 members (excludes halogenated alkanes) is 3. The predicted octanol–water partition coefficient (Wildman–Crippen LogP) is 4.35. The van der Waals surface area contributed by atoms with Gasteiger partial charge in [0.2, 0.25) is 15.9 Å². The number of carbonyl (C=O) groups is 1. The molecule has 0 saturated carbocycles. The van der Waals surface area contributed by atoms with Crippen LogP contribution in [-0.4, -0.2) is 45.5 Å². The summed E-state index contributed by atoms with van der Waals surface area (Å²) in [7, 11) is -3.46. The fourth-order valence-electron chi connectivity index (χ4n) is 4.67. The second-order valence-corrected chi connectivity index (χ2v) is 10.5. The molecule has 0 aromatic carbocycles. The SMILES string of the molecule is CCCCCOCC[C@@H]1[C@H](CC=CCCCC(=O)NS(=O)(=O)CCC)[C@@H]2CC[C@H]1O2. The summed E-state index contributed by atoms with van der Waals surface area (Å²) in [6, 6.07) is 0. The van der Waals surface area contributed by atoms with E-state index in [1.807, 2.05) is 0 Å². The van der Waals surface area contributed by atoms with Gasteiger partial charge in [-0.2, -0.15) is 0 Å². The van der Waals surface area contributed by atoms with Crippen molar-refractivity contribution >= 4 is 15.9 Å². The third kappa shape index (κ3) is 8.67. The van der Waals surface area contributed by atoms with Crippen LogP contribution in [-0.2, 0) is 24.3 Å². The van der Waals surface area contributed by atoms with Crippen LogP contribution < -0.4 is 4.72 Å². The molecular formula is C23H41NO5S. The van der Waals surface area contributed by atoms with E-state index in [1.165, 1.54) is 25.7 Å². The molecule has 0 aromatic heterocycles. The number of rotatable bonds is 16. The van der Waals surface area contributed by atoms with Crippen molar-refractivity contribution in [1.29, 1.82) is 0 Å². The maximum atomic E-state index is 11.7. The number of carbonyl (C=O) groups excluding carboxylic acids is 1. The van der Waals surface area contributed by atoms with Gasteiger partial charge >= 0.3 is 0 Å². The minimum atomic E-state index is -3.46. The average molecular weight is 444 g/mol. The highest BCUT2D eigenvalue weighted by molar-refractivity contribution is 7.90. The van der Waals surface area contributed by atoms with Crippen LogP contribution in [0.25, 0.3) is 0 Å². The van der Waals surface area contributed by atoms with Gasteiger partial charge in [-0.25, -0.2) is 8.42 Å². The maximum Gasteiger partial charge on any atom is 0.234 e. The van der Waals surface area contributed by atoms with Crippen molar-refractivity contribution in [2.45, 2.75) is 96.7 Å². The topological polar surface area (TPSA) is 81.7 Å². The molecule has 0 spiro atoms. The first kappa shape index (κ1) is 25.3. The standard InChI is InChI=1S/C23H41NO5S/c1-3-5-10-16-28-17-15-20-19(21-13-14-22(20)29-21)11-8-6-7-9-12-23(25)24-30(26,27)18-4-2/h6,8,19-22H,3-5,7,9-18H2,1-2H3,(H,24,25)/t19-,20+,21-,22+/m0/s1. The second kappa shape index (κ2) is 13.5. The Bertz CT molecular complexity index is 634. The molecule has 1 N–H and O–H groups in total. The zero-order valence-corrected chi connectivity index (χ0v) is 19.6. The van der Waals surface area contributed by atoms with Gasteiger partial charge in [-0.05, 0) is 63.2 Å². The van der Waals surface area contributed by atoms with Crippen LogP contribution in [0.1, 0.15) is 84.5 Å². The molecule has 2 bridgehead atoms. The van der Waals surface area contributed by atoms with E-state index in [2.05, 4.69) is 23.8 Å². The number of sulfonamides is 1. The second-order valence-electron chi connectivity index (χ2n) is 8.67. The summed E-state index contributed by atoms with van der Waals surface area (Å²) in [6.45, 7) is 5.68. The van der Waals surface area contributed by atoms with Gasteiger partial charge in [0.25, 0.3) is 0 Å². The zero-order valence-electron chi connectivity index (χ0n) is 18.8. The number of fused-ring (bicyclic) bond motifs is 2.